The third-order valence-electron chi connectivity index (χ3n) is 1.79. The minimum atomic E-state index is 0.696. The summed E-state index contributed by atoms with van der Waals surface area (Å²) in [7, 11) is 7.29. The summed E-state index contributed by atoms with van der Waals surface area (Å²) in [4.78, 5) is 5.23. The van der Waals surface area contributed by atoms with E-state index in [2.05, 4.69) is 14.1 Å². The third-order valence-corrected chi connectivity index (χ3v) is 2.50. The van der Waals surface area contributed by atoms with Crippen LogP contribution in [0.2, 0.25) is 6.04 Å². The molecule has 0 bridgehead atoms. The number of hydroxylamine groups is 3. The van der Waals surface area contributed by atoms with Gasteiger partial charge >= 0.3 is 0 Å². The first-order valence-corrected chi connectivity index (χ1v) is 5.42. The maximum Gasteiger partial charge on any atom is 0.108 e. The molecule has 0 aliphatic rings. The van der Waals surface area contributed by atoms with Gasteiger partial charge in [0, 0.05) is 10.2 Å². The standard InChI is InChI=1S/C7H20NOSi/c1-8(2,9-3)6-4-5-7-10/h4-7H2,1-3,10H3/q+1. The molecule has 0 aromatic carbocycles. The van der Waals surface area contributed by atoms with Gasteiger partial charge < -0.3 is 0 Å². The van der Waals surface area contributed by atoms with Crippen LogP contribution in [0.5, 0.6) is 0 Å². The van der Waals surface area contributed by atoms with Crippen LogP contribution >= 0.6 is 0 Å². The van der Waals surface area contributed by atoms with Crippen LogP contribution in [0, 0.1) is 0 Å². The second kappa shape index (κ2) is 4.88. The fourth-order valence-electron chi connectivity index (χ4n) is 0.834. The lowest BCUT2D eigenvalue weighted by Crippen LogP contribution is -2.38. The quantitative estimate of drug-likeness (QED) is 0.243. The number of quaternary nitrogens is 1. The molecule has 0 spiro atoms. The highest BCUT2D eigenvalue weighted by Gasteiger charge is 2.12. The molecule has 0 saturated carbocycles. The van der Waals surface area contributed by atoms with E-state index in [4.69, 9.17) is 4.84 Å². The molecule has 62 valence electrons. The van der Waals surface area contributed by atoms with Crippen LogP contribution in [0.4, 0.5) is 0 Å². The summed E-state index contributed by atoms with van der Waals surface area (Å²) in [5, 5.41) is 0. The lowest BCUT2D eigenvalue weighted by atomic mass is 10.3. The molecule has 0 radical (unpaired) electrons. The summed E-state index contributed by atoms with van der Waals surface area (Å²) in [5.74, 6) is 0. The van der Waals surface area contributed by atoms with Gasteiger partial charge in [0.15, 0.2) is 0 Å². The minimum absolute atomic E-state index is 0.696. The Morgan fingerprint density at radius 3 is 2.30 bits per heavy atom. The summed E-state index contributed by atoms with van der Waals surface area (Å²) in [6.07, 6.45) is 2.67. The largest absolute Gasteiger partial charge is 0.207 e. The van der Waals surface area contributed by atoms with Crippen molar-refractivity contribution in [3.8, 4) is 0 Å². The Labute approximate surface area is 67.1 Å². The van der Waals surface area contributed by atoms with E-state index in [9.17, 15) is 0 Å². The van der Waals surface area contributed by atoms with Gasteiger partial charge in [-0.05, 0) is 6.42 Å². The molecule has 10 heavy (non-hydrogen) atoms. The minimum Gasteiger partial charge on any atom is -0.207 e. The van der Waals surface area contributed by atoms with E-state index in [0.717, 1.165) is 6.54 Å². The van der Waals surface area contributed by atoms with Crippen molar-refractivity contribution in [1.82, 2.24) is 0 Å². The number of hydrogen-bond donors (Lipinski definition) is 0. The molecule has 3 heteroatoms. The topological polar surface area (TPSA) is 9.23 Å². The van der Waals surface area contributed by atoms with Crippen LogP contribution < -0.4 is 0 Å². The number of hydrogen-bond acceptors (Lipinski definition) is 1. The second-order valence-corrected chi connectivity index (χ2v) is 4.19. The molecule has 0 atom stereocenters. The highest BCUT2D eigenvalue weighted by molar-refractivity contribution is 6.08. The van der Waals surface area contributed by atoms with Gasteiger partial charge in [0.2, 0.25) is 0 Å². The van der Waals surface area contributed by atoms with Crippen LogP contribution in [-0.4, -0.2) is 42.6 Å². The van der Waals surface area contributed by atoms with E-state index in [0.29, 0.717) is 4.65 Å². The summed E-state index contributed by atoms with van der Waals surface area (Å²) in [6.45, 7) is 1.14. The first-order chi connectivity index (χ1) is 4.62. The molecule has 0 unspecified atom stereocenters. The van der Waals surface area contributed by atoms with Crippen molar-refractivity contribution in [3.63, 3.8) is 0 Å². The highest BCUT2D eigenvalue weighted by atomic mass is 28.1. The van der Waals surface area contributed by atoms with Crippen molar-refractivity contribution in [2.75, 3.05) is 27.7 Å². The van der Waals surface area contributed by atoms with Gasteiger partial charge in [0.25, 0.3) is 0 Å². The third kappa shape index (κ3) is 4.96. The maximum atomic E-state index is 5.23. The zero-order valence-electron chi connectivity index (χ0n) is 7.68. The van der Waals surface area contributed by atoms with E-state index < -0.39 is 0 Å². The van der Waals surface area contributed by atoms with Crippen molar-refractivity contribution >= 4 is 10.2 Å². The van der Waals surface area contributed by atoms with Crippen molar-refractivity contribution in [3.05, 3.63) is 0 Å². The Morgan fingerprint density at radius 2 is 1.90 bits per heavy atom. The normalized spacial score (nSPS) is 12.3. The van der Waals surface area contributed by atoms with Gasteiger partial charge in [-0.1, -0.05) is 12.5 Å². The number of unbranched alkanes of at least 4 members (excludes halogenated alkanes) is 1. The first-order valence-electron chi connectivity index (χ1n) is 4.01. The Balaban J connectivity index is 3.28. The van der Waals surface area contributed by atoms with Crippen LogP contribution in [0.1, 0.15) is 12.8 Å². The Kier molecular flexibility index (Phi) is 4.94. The zero-order chi connectivity index (χ0) is 8.04. The fourth-order valence-corrected chi connectivity index (χ4v) is 1.33. The Hall–Kier alpha value is 0.137. The molecular formula is C7H20NOSi+. The summed E-state index contributed by atoms with van der Waals surface area (Å²) in [6, 6.07) is 1.42. The Bertz CT molecular complexity index is 85.7. The zero-order valence-corrected chi connectivity index (χ0v) is 9.68. The molecule has 0 aliphatic carbocycles. The predicted octanol–water partition coefficient (Wildman–Crippen LogP) is 0.188. The smallest absolute Gasteiger partial charge is 0.108 e. The molecule has 0 amide bonds. The van der Waals surface area contributed by atoms with Crippen LogP contribution in [0.25, 0.3) is 0 Å². The molecule has 2 nitrogen and oxygen atoms in total. The number of rotatable bonds is 5. The average Bonchev–Trinajstić information content (AvgIpc) is 1.89. The maximum absolute atomic E-state index is 5.23. The fraction of sp³-hybridized carbons (Fsp3) is 1.00. The van der Waals surface area contributed by atoms with Gasteiger partial charge in [-0.3, -0.25) is 0 Å². The Morgan fingerprint density at radius 1 is 1.30 bits per heavy atom. The van der Waals surface area contributed by atoms with E-state index in [1.54, 1.807) is 7.11 Å². The molecule has 0 fully saturated rings. The van der Waals surface area contributed by atoms with Gasteiger partial charge in [0.1, 0.15) is 6.54 Å². The van der Waals surface area contributed by atoms with Gasteiger partial charge in [0.05, 0.1) is 21.2 Å². The van der Waals surface area contributed by atoms with E-state index in [1.807, 2.05) is 0 Å². The van der Waals surface area contributed by atoms with Crippen molar-refractivity contribution < 1.29 is 9.48 Å². The van der Waals surface area contributed by atoms with Crippen LogP contribution in [0.15, 0.2) is 0 Å². The van der Waals surface area contributed by atoms with Gasteiger partial charge in [-0.15, -0.1) is 0 Å². The van der Waals surface area contributed by atoms with Gasteiger partial charge in [-0.2, -0.15) is 4.65 Å². The number of nitrogens with zero attached hydrogens (tertiary/aromatic N) is 1. The molecule has 0 N–H and O–H groups in total. The molecule has 0 aromatic rings. The lowest BCUT2D eigenvalue weighted by Gasteiger charge is -2.24. The van der Waals surface area contributed by atoms with Crippen LogP contribution in [-0.2, 0) is 4.84 Å². The lowest BCUT2D eigenvalue weighted by molar-refractivity contribution is -1.07. The summed E-state index contributed by atoms with van der Waals surface area (Å²) >= 11 is 0. The first kappa shape index (κ1) is 10.1. The molecule has 0 rings (SSSR count). The van der Waals surface area contributed by atoms with Crippen LogP contribution in [0.3, 0.4) is 0 Å². The molecular weight excluding hydrogens is 142 g/mol. The van der Waals surface area contributed by atoms with Crippen molar-refractivity contribution in [1.29, 1.82) is 0 Å². The molecule has 0 aromatic heterocycles. The summed E-state index contributed by atoms with van der Waals surface area (Å²) in [5.41, 5.74) is 0. The summed E-state index contributed by atoms with van der Waals surface area (Å²) < 4.78 is 0.696. The molecule has 0 saturated heterocycles. The van der Waals surface area contributed by atoms with Crippen molar-refractivity contribution in [2.24, 2.45) is 0 Å². The monoisotopic (exact) mass is 162 g/mol. The van der Waals surface area contributed by atoms with Crippen molar-refractivity contribution in [2.45, 2.75) is 18.9 Å². The molecule has 0 heterocycles. The van der Waals surface area contributed by atoms with E-state index in [-0.39, 0.29) is 0 Å². The van der Waals surface area contributed by atoms with Gasteiger partial charge in [-0.25, -0.2) is 4.84 Å². The predicted molar refractivity (Wildman–Crippen MR) is 48.0 cm³/mol. The average molecular weight is 162 g/mol. The van der Waals surface area contributed by atoms with E-state index in [1.165, 1.54) is 29.1 Å². The SMILES string of the molecule is CO[N+](C)(C)CCCC[SiH3]. The van der Waals surface area contributed by atoms with E-state index >= 15 is 0 Å². The highest BCUT2D eigenvalue weighted by Crippen LogP contribution is 2.02. The molecule has 0 aliphatic heterocycles. The second-order valence-electron chi connectivity index (χ2n) is 3.19.